The first kappa shape index (κ1) is 16.0. The van der Waals surface area contributed by atoms with Crippen molar-refractivity contribution >= 4 is 29.0 Å². The normalized spacial score (nSPS) is 19.3. The lowest BCUT2D eigenvalue weighted by Gasteiger charge is -2.29. The summed E-state index contributed by atoms with van der Waals surface area (Å²) >= 11 is 5.87. The second kappa shape index (κ2) is 5.45. The molecule has 0 aromatic heterocycles. The van der Waals surface area contributed by atoms with Crippen LogP contribution in [0.5, 0.6) is 0 Å². The Hall–Kier alpha value is -1.35. The van der Waals surface area contributed by atoms with Gasteiger partial charge in [-0.1, -0.05) is 20.8 Å². The van der Waals surface area contributed by atoms with Gasteiger partial charge >= 0.3 is 0 Å². The molecule has 1 aliphatic heterocycles. The van der Waals surface area contributed by atoms with E-state index in [0.29, 0.717) is 5.56 Å². The van der Waals surface area contributed by atoms with Crippen LogP contribution in [0.15, 0.2) is 18.2 Å². The van der Waals surface area contributed by atoms with Crippen LogP contribution in [0.25, 0.3) is 0 Å². The third-order valence-corrected chi connectivity index (χ3v) is 4.00. The fourth-order valence-corrected chi connectivity index (χ4v) is 2.81. The summed E-state index contributed by atoms with van der Waals surface area (Å²) in [6.45, 7) is 9.48. The van der Waals surface area contributed by atoms with Gasteiger partial charge in [0, 0.05) is 22.7 Å². The number of hydrogen-bond acceptors (Lipinski definition) is 2. The number of Topliss-reactive ketones (excluding diaryl/α,β-unsaturated/α-hetero) is 1. The lowest BCUT2D eigenvalue weighted by Crippen LogP contribution is -2.42. The van der Waals surface area contributed by atoms with E-state index < -0.39 is 10.8 Å². The molecule has 1 aromatic carbocycles. The molecule has 21 heavy (non-hydrogen) atoms. The molecule has 0 saturated carbocycles. The summed E-state index contributed by atoms with van der Waals surface area (Å²) in [5, 5.41) is -0.533. The van der Waals surface area contributed by atoms with Crippen LogP contribution < -0.4 is 4.90 Å². The van der Waals surface area contributed by atoms with Gasteiger partial charge in [0.1, 0.15) is 0 Å². The molecule has 1 heterocycles. The Labute approximate surface area is 131 Å². The summed E-state index contributed by atoms with van der Waals surface area (Å²) in [5.41, 5.74) is 2.16. The van der Waals surface area contributed by atoms with E-state index in [0.717, 1.165) is 17.7 Å². The zero-order valence-electron chi connectivity index (χ0n) is 13.2. The Morgan fingerprint density at radius 2 is 1.95 bits per heavy atom. The summed E-state index contributed by atoms with van der Waals surface area (Å²) in [6, 6.07) is 5.63. The standard InChI is InChI=1S/C17H22ClNO2/c1-10-8-13-9-12(15(20)11(2)18)6-7-14(13)19(10)16(21)17(3,4)5/h6-7,9-11H,8H2,1-5H3. The van der Waals surface area contributed by atoms with E-state index >= 15 is 0 Å². The Bertz CT molecular complexity index is 587. The van der Waals surface area contributed by atoms with Gasteiger partial charge in [0.15, 0.2) is 5.78 Å². The number of rotatable bonds is 2. The van der Waals surface area contributed by atoms with Crippen LogP contribution >= 0.6 is 11.6 Å². The van der Waals surface area contributed by atoms with E-state index in [2.05, 4.69) is 0 Å². The Balaban J connectivity index is 2.39. The summed E-state index contributed by atoms with van der Waals surface area (Å²) < 4.78 is 0. The van der Waals surface area contributed by atoms with Gasteiger partial charge < -0.3 is 4.90 Å². The fraction of sp³-hybridized carbons (Fsp3) is 0.529. The molecule has 0 aliphatic carbocycles. The van der Waals surface area contributed by atoms with Crippen LogP contribution in [0.1, 0.15) is 50.5 Å². The third kappa shape index (κ3) is 2.98. The maximum Gasteiger partial charge on any atom is 0.232 e. The van der Waals surface area contributed by atoms with E-state index in [1.807, 2.05) is 44.7 Å². The Morgan fingerprint density at radius 3 is 2.48 bits per heavy atom. The second-order valence-electron chi connectivity index (χ2n) is 6.80. The molecule has 0 N–H and O–H groups in total. The number of nitrogens with zero attached hydrogens (tertiary/aromatic N) is 1. The minimum atomic E-state index is -0.533. The van der Waals surface area contributed by atoms with Crippen LogP contribution in [0, 0.1) is 5.41 Å². The molecule has 0 bridgehead atoms. The lowest BCUT2D eigenvalue weighted by atomic mass is 9.94. The van der Waals surface area contributed by atoms with Gasteiger partial charge in [0.25, 0.3) is 0 Å². The summed E-state index contributed by atoms with van der Waals surface area (Å²) in [6.07, 6.45) is 0.773. The first-order chi connectivity index (χ1) is 9.62. The third-order valence-electron chi connectivity index (χ3n) is 3.80. The van der Waals surface area contributed by atoms with E-state index in [1.54, 1.807) is 13.0 Å². The highest BCUT2D eigenvalue weighted by molar-refractivity contribution is 6.33. The maximum atomic E-state index is 12.6. The molecule has 2 atom stereocenters. The SMILES string of the molecule is CC(Cl)C(=O)c1ccc2c(c1)CC(C)N2C(=O)C(C)(C)C. The number of halogens is 1. The Kier molecular flexibility index (Phi) is 4.16. The second-order valence-corrected chi connectivity index (χ2v) is 7.46. The minimum absolute atomic E-state index is 0.0762. The molecule has 3 nitrogen and oxygen atoms in total. The highest BCUT2D eigenvalue weighted by atomic mass is 35.5. The maximum absolute atomic E-state index is 12.6. The van der Waals surface area contributed by atoms with Crippen molar-refractivity contribution in [2.75, 3.05) is 4.90 Å². The molecule has 1 aromatic rings. The van der Waals surface area contributed by atoms with Crippen molar-refractivity contribution < 1.29 is 9.59 Å². The van der Waals surface area contributed by atoms with Crippen molar-refractivity contribution in [3.8, 4) is 0 Å². The molecule has 2 rings (SSSR count). The zero-order valence-corrected chi connectivity index (χ0v) is 14.0. The van der Waals surface area contributed by atoms with Gasteiger partial charge in [0.2, 0.25) is 5.91 Å². The molecular weight excluding hydrogens is 286 g/mol. The predicted molar refractivity (Wildman–Crippen MR) is 86.2 cm³/mol. The molecular formula is C17H22ClNO2. The van der Waals surface area contributed by atoms with Crippen molar-refractivity contribution in [2.45, 2.75) is 52.5 Å². The summed E-state index contributed by atoms with van der Waals surface area (Å²) in [7, 11) is 0. The van der Waals surface area contributed by atoms with Crippen molar-refractivity contribution in [1.82, 2.24) is 0 Å². The topological polar surface area (TPSA) is 37.4 Å². The van der Waals surface area contributed by atoms with Gasteiger partial charge in [-0.2, -0.15) is 0 Å². The molecule has 0 fully saturated rings. The number of hydrogen-bond donors (Lipinski definition) is 0. The van der Waals surface area contributed by atoms with Crippen LogP contribution in [0.4, 0.5) is 5.69 Å². The molecule has 0 radical (unpaired) electrons. The van der Waals surface area contributed by atoms with Crippen molar-refractivity contribution in [3.05, 3.63) is 29.3 Å². The largest absolute Gasteiger partial charge is 0.309 e. The highest BCUT2D eigenvalue weighted by Crippen LogP contribution is 2.36. The number of carbonyl (C=O) groups is 2. The Morgan fingerprint density at radius 1 is 1.33 bits per heavy atom. The van der Waals surface area contributed by atoms with Crippen LogP contribution in [0.3, 0.4) is 0 Å². The minimum Gasteiger partial charge on any atom is -0.309 e. The highest BCUT2D eigenvalue weighted by Gasteiger charge is 2.36. The number of carbonyl (C=O) groups excluding carboxylic acids is 2. The molecule has 4 heteroatoms. The average molecular weight is 308 g/mol. The fourth-order valence-electron chi connectivity index (χ4n) is 2.68. The molecule has 0 spiro atoms. The quantitative estimate of drug-likeness (QED) is 0.615. The first-order valence-electron chi connectivity index (χ1n) is 7.28. The van der Waals surface area contributed by atoms with E-state index in [9.17, 15) is 9.59 Å². The molecule has 2 unspecified atom stereocenters. The predicted octanol–water partition coefficient (Wildman–Crippen LogP) is 3.82. The molecule has 0 saturated heterocycles. The first-order valence-corrected chi connectivity index (χ1v) is 7.71. The van der Waals surface area contributed by atoms with Gasteiger partial charge in [-0.15, -0.1) is 11.6 Å². The lowest BCUT2D eigenvalue weighted by molar-refractivity contribution is -0.126. The number of amides is 1. The van der Waals surface area contributed by atoms with Gasteiger partial charge in [-0.3, -0.25) is 9.59 Å². The zero-order chi connectivity index (χ0) is 15.9. The van der Waals surface area contributed by atoms with E-state index in [4.69, 9.17) is 11.6 Å². The average Bonchev–Trinajstić information content (AvgIpc) is 2.70. The van der Waals surface area contributed by atoms with Gasteiger partial charge in [-0.25, -0.2) is 0 Å². The van der Waals surface area contributed by atoms with Crippen LogP contribution in [0.2, 0.25) is 0 Å². The number of fused-ring (bicyclic) bond motifs is 1. The van der Waals surface area contributed by atoms with Crippen molar-refractivity contribution in [3.63, 3.8) is 0 Å². The summed E-state index contributed by atoms with van der Waals surface area (Å²) in [4.78, 5) is 26.4. The van der Waals surface area contributed by atoms with Crippen LogP contribution in [-0.2, 0) is 11.2 Å². The number of alkyl halides is 1. The van der Waals surface area contributed by atoms with Crippen LogP contribution in [-0.4, -0.2) is 23.1 Å². The molecule has 1 aliphatic rings. The van der Waals surface area contributed by atoms with Crippen molar-refractivity contribution in [1.29, 1.82) is 0 Å². The summed E-state index contributed by atoms with van der Waals surface area (Å²) in [5.74, 6) is 0.0336. The number of anilines is 1. The van der Waals surface area contributed by atoms with Gasteiger partial charge in [0.05, 0.1) is 5.38 Å². The van der Waals surface area contributed by atoms with E-state index in [-0.39, 0.29) is 17.7 Å². The molecule has 1 amide bonds. The molecule has 114 valence electrons. The van der Waals surface area contributed by atoms with Gasteiger partial charge in [-0.05, 0) is 44.0 Å². The number of ketones is 1. The smallest absolute Gasteiger partial charge is 0.232 e. The monoisotopic (exact) mass is 307 g/mol. The van der Waals surface area contributed by atoms with E-state index in [1.165, 1.54) is 0 Å². The number of benzene rings is 1. The van der Waals surface area contributed by atoms with Crippen molar-refractivity contribution in [2.24, 2.45) is 5.41 Å².